The number of benzene rings is 1. The number of aromatic hydroxyl groups is 1. The second-order valence-electron chi connectivity index (χ2n) is 4.31. The summed E-state index contributed by atoms with van der Waals surface area (Å²) in [6.45, 7) is 0.397. The molecule has 3 N–H and O–H groups in total. The fourth-order valence-corrected chi connectivity index (χ4v) is 2.96. The quantitative estimate of drug-likeness (QED) is 0.390. The number of hydrogen-bond acceptors (Lipinski definition) is 7. The zero-order chi connectivity index (χ0) is 14.1. The fraction of sp³-hybridized carbons (Fsp3) is 0.0833. The molecular formula is C12H11BN2O3S2. The number of thiol groups is 1. The van der Waals surface area contributed by atoms with E-state index >= 15 is 0 Å². The number of nitrogens with one attached hydrogen (secondary N) is 1. The maximum atomic E-state index is 9.69. The summed E-state index contributed by atoms with van der Waals surface area (Å²) in [5.41, 5.74) is 2.46. The summed E-state index contributed by atoms with van der Waals surface area (Å²) < 4.78 is 8.28. The first kappa shape index (κ1) is 13.6. The van der Waals surface area contributed by atoms with Crippen LogP contribution in [0.25, 0.3) is 0 Å². The van der Waals surface area contributed by atoms with Crippen molar-refractivity contribution in [1.29, 1.82) is 0 Å². The van der Waals surface area contributed by atoms with Crippen molar-refractivity contribution >= 4 is 42.8 Å². The summed E-state index contributed by atoms with van der Waals surface area (Å²) in [4.78, 5) is 5.44. The zero-order valence-electron chi connectivity index (χ0n) is 10.3. The van der Waals surface area contributed by atoms with Gasteiger partial charge in [-0.25, -0.2) is 0 Å². The molecular weight excluding hydrogens is 295 g/mol. The Kier molecular flexibility index (Phi) is 3.79. The van der Waals surface area contributed by atoms with E-state index in [1.54, 1.807) is 12.3 Å². The molecule has 5 nitrogen and oxygen atoms in total. The van der Waals surface area contributed by atoms with Gasteiger partial charge in [0, 0.05) is 11.1 Å². The van der Waals surface area contributed by atoms with Gasteiger partial charge in [-0.1, -0.05) is 0 Å². The lowest BCUT2D eigenvalue weighted by Crippen LogP contribution is -2.28. The molecule has 0 amide bonds. The molecule has 0 radical (unpaired) electrons. The van der Waals surface area contributed by atoms with E-state index in [1.165, 1.54) is 18.1 Å². The molecule has 1 aliphatic heterocycles. The molecule has 0 fully saturated rings. The highest BCUT2D eigenvalue weighted by atomic mass is 32.2. The molecule has 1 aromatic heterocycles. The van der Waals surface area contributed by atoms with Crippen LogP contribution in [0.2, 0.25) is 0 Å². The molecule has 0 aliphatic carbocycles. The van der Waals surface area contributed by atoms with E-state index in [0.717, 1.165) is 26.5 Å². The lowest BCUT2D eigenvalue weighted by Gasteiger charge is -2.10. The third-order valence-electron chi connectivity index (χ3n) is 2.90. The first-order valence-corrected chi connectivity index (χ1v) is 7.12. The number of fused-ring (bicyclic) bond motifs is 1. The second-order valence-corrected chi connectivity index (χ2v) is 5.68. The van der Waals surface area contributed by atoms with Gasteiger partial charge in [-0.2, -0.15) is 0 Å². The molecule has 20 heavy (non-hydrogen) atoms. The van der Waals surface area contributed by atoms with Gasteiger partial charge in [0.05, 0.1) is 23.4 Å². The molecule has 0 spiro atoms. The molecule has 0 bridgehead atoms. The van der Waals surface area contributed by atoms with Crippen molar-refractivity contribution in [3.63, 3.8) is 0 Å². The normalized spacial score (nSPS) is 13.4. The summed E-state index contributed by atoms with van der Waals surface area (Å²) in [5.74, 6) is 0.112. The van der Waals surface area contributed by atoms with Crippen LogP contribution in [0.5, 0.6) is 5.75 Å². The van der Waals surface area contributed by atoms with Gasteiger partial charge in [0.1, 0.15) is 5.75 Å². The highest BCUT2D eigenvalue weighted by Gasteiger charge is 2.28. The Hall–Kier alpha value is -1.35. The van der Waals surface area contributed by atoms with Gasteiger partial charge in [0.15, 0.2) is 0 Å². The average molecular weight is 306 g/mol. The van der Waals surface area contributed by atoms with Gasteiger partial charge in [0.25, 0.3) is 0 Å². The summed E-state index contributed by atoms with van der Waals surface area (Å²) >= 11 is 5.72. The van der Waals surface area contributed by atoms with Crippen LogP contribution in [-0.4, -0.2) is 22.2 Å². The average Bonchev–Trinajstić information content (AvgIpc) is 2.77. The Morgan fingerprint density at radius 1 is 1.35 bits per heavy atom. The van der Waals surface area contributed by atoms with Gasteiger partial charge in [-0.3, -0.25) is 4.98 Å². The van der Waals surface area contributed by atoms with Gasteiger partial charge >= 0.3 is 7.12 Å². The summed E-state index contributed by atoms with van der Waals surface area (Å²) in [7, 11) is -0.882. The maximum Gasteiger partial charge on any atom is 0.491 e. The number of pyridine rings is 1. The van der Waals surface area contributed by atoms with Crippen molar-refractivity contribution in [3.05, 3.63) is 36.2 Å². The van der Waals surface area contributed by atoms with Crippen LogP contribution in [0.15, 0.2) is 40.4 Å². The van der Waals surface area contributed by atoms with Gasteiger partial charge in [-0.05, 0) is 41.2 Å². The predicted molar refractivity (Wildman–Crippen MR) is 81.5 cm³/mol. The highest BCUT2D eigenvalue weighted by Crippen LogP contribution is 2.28. The van der Waals surface area contributed by atoms with E-state index in [9.17, 15) is 10.1 Å². The smallest absolute Gasteiger partial charge is 0.491 e. The van der Waals surface area contributed by atoms with Crippen LogP contribution in [0.1, 0.15) is 5.56 Å². The van der Waals surface area contributed by atoms with Crippen molar-refractivity contribution < 1.29 is 14.8 Å². The summed E-state index contributed by atoms with van der Waals surface area (Å²) in [5, 5.41) is 19.1. The maximum absolute atomic E-state index is 9.69. The molecule has 2 aromatic rings. The van der Waals surface area contributed by atoms with Crippen molar-refractivity contribution in [2.75, 3.05) is 4.72 Å². The number of nitrogens with zero attached hydrogens (tertiary/aromatic N) is 1. The Morgan fingerprint density at radius 3 is 3.00 bits per heavy atom. The predicted octanol–water partition coefficient (Wildman–Crippen LogP) is 1.41. The van der Waals surface area contributed by atoms with E-state index in [0.29, 0.717) is 6.61 Å². The van der Waals surface area contributed by atoms with E-state index in [2.05, 4.69) is 22.3 Å². The standard InChI is InChI=1S/C12H11BN2O3S2/c16-8-2-9(5-14-4-8)20-15-11-3-10-7(1-12(11)19)6-18-13(10)17/h1-5,15-17,19H,6H2. The first-order valence-electron chi connectivity index (χ1n) is 5.86. The second kappa shape index (κ2) is 5.57. The van der Waals surface area contributed by atoms with Gasteiger partial charge < -0.3 is 19.5 Å². The molecule has 8 heteroatoms. The molecule has 3 rings (SSSR count). The molecule has 0 saturated carbocycles. The minimum absolute atomic E-state index is 0.112. The van der Waals surface area contributed by atoms with E-state index < -0.39 is 7.12 Å². The van der Waals surface area contributed by atoms with Crippen LogP contribution in [0, 0.1) is 0 Å². The molecule has 0 atom stereocenters. The number of rotatable bonds is 3. The fourth-order valence-electron chi connectivity index (χ4n) is 1.92. The minimum Gasteiger partial charge on any atom is -0.506 e. The number of hydrogen-bond donors (Lipinski definition) is 4. The van der Waals surface area contributed by atoms with E-state index in [4.69, 9.17) is 4.65 Å². The summed E-state index contributed by atoms with van der Waals surface area (Å²) in [6, 6.07) is 5.30. The van der Waals surface area contributed by atoms with Crippen molar-refractivity contribution in [1.82, 2.24) is 4.98 Å². The van der Waals surface area contributed by atoms with E-state index in [1.807, 2.05) is 12.1 Å². The minimum atomic E-state index is -0.882. The lowest BCUT2D eigenvalue weighted by atomic mass is 9.79. The first-order chi connectivity index (χ1) is 9.63. The molecule has 0 saturated heterocycles. The topological polar surface area (TPSA) is 74.6 Å². The zero-order valence-corrected chi connectivity index (χ0v) is 12.0. The number of aromatic nitrogens is 1. The Morgan fingerprint density at radius 2 is 2.20 bits per heavy atom. The SMILES string of the molecule is OB1OCc2cc(S)c(NSc3cncc(O)c3)cc21. The monoisotopic (exact) mass is 306 g/mol. The van der Waals surface area contributed by atoms with Crippen molar-refractivity contribution in [2.24, 2.45) is 0 Å². The molecule has 1 aromatic carbocycles. The van der Waals surface area contributed by atoms with Crippen LogP contribution < -0.4 is 10.2 Å². The Balaban J connectivity index is 1.79. The Labute approximate surface area is 126 Å². The van der Waals surface area contributed by atoms with E-state index in [-0.39, 0.29) is 5.75 Å². The van der Waals surface area contributed by atoms with Crippen LogP contribution in [0.3, 0.4) is 0 Å². The lowest BCUT2D eigenvalue weighted by molar-refractivity contribution is 0.275. The van der Waals surface area contributed by atoms with Crippen molar-refractivity contribution in [3.8, 4) is 5.75 Å². The third kappa shape index (κ3) is 2.73. The van der Waals surface area contributed by atoms with Gasteiger partial charge in [-0.15, -0.1) is 12.6 Å². The van der Waals surface area contributed by atoms with Gasteiger partial charge in [0.2, 0.25) is 0 Å². The van der Waals surface area contributed by atoms with Crippen molar-refractivity contribution in [2.45, 2.75) is 16.4 Å². The van der Waals surface area contributed by atoms with Crippen LogP contribution in [0.4, 0.5) is 5.69 Å². The Bertz CT molecular complexity index is 657. The van der Waals surface area contributed by atoms with Crippen LogP contribution in [-0.2, 0) is 11.3 Å². The molecule has 1 aliphatic rings. The third-order valence-corrected chi connectivity index (χ3v) is 4.05. The molecule has 0 unspecified atom stereocenters. The molecule has 2 heterocycles. The number of anilines is 1. The largest absolute Gasteiger partial charge is 0.506 e. The summed E-state index contributed by atoms with van der Waals surface area (Å²) in [6.07, 6.45) is 3.01. The molecule has 102 valence electrons. The highest BCUT2D eigenvalue weighted by molar-refractivity contribution is 8.00. The van der Waals surface area contributed by atoms with Crippen LogP contribution >= 0.6 is 24.6 Å².